The Morgan fingerprint density at radius 2 is 1.76 bits per heavy atom. The molecule has 8 heteroatoms. The average Bonchev–Trinajstić information content (AvgIpc) is 3.03. The van der Waals surface area contributed by atoms with Crippen molar-refractivity contribution in [3.63, 3.8) is 0 Å². The number of carbonyl (C=O) groups excluding carboxylic acids is 2. The van der Waals surface area contributed by atoms with Crippen molar-refractivity contribution in [1.29, 1.82) is 0 Å². The largest absolute Gasteiger partial charge is 0.480 e. The molecule has 0 aliphatic carbocycles. The molecule has 0 unspecified atom stereocenters. The summed E-state index contributed by atoms with van der Waals surface area (Å²) in [6.07, 6.45) is 0. The summed E-state index contributed by atoms with van der Waals surface area (Å²) in [4.78, 5) is 38.8. The molecule has 7 nitrogen and oxygen atoms in total. The summed E-state index contributed by atoms with van der Waals surface area (Å²) in [5, 5.41) is 16.1. The fraction of sp³-hybridized carbons (Fsp3) is 0.294. The molecule has 1 aromatic carbocycles. The van der Waals surface area contributed by atoms with Crippen molar-refractivity contribution in [2.75, 3.05) is 11.9 Å². The molecule has 1 heterocycles. The molecule has 1 aromatic heterocycles. The zero-order chi connectivity index (χ0) is 18.6. The minimum atomic E-state index is -1.12. The second-order valence-electron chi connectivity index (χ2n) is 6.40. The first-order valence-corrected chi connectivity index (χ1v) is 8.42. The lowest BCUT2D eigenvalue weighted by atomic mass is 9.98. The highest BCUT2D eigenvalue weighted by atomic mass is 32.1. The van der Waals surface area contributed by atoms with Crippen LogP contribution in [-0.4, -0.2) is 34.4 Å². The number of thiazole rings is 1. The van der Waals surface area contributed by atoms with Crippen molar-refractivity contribution in [2.24, 2.45) is 0 Å². The van der Waals surface area contributed by atoms with Gasteiger partial charge in [-0.2, -0.15) is 0 Å². The molecule has 2 rings (SSSR count). The van der Waals surface area contributed by atoms with Crippen LogP contribution in [0.1, 0.15) is 46.6 Å². The van der Waals surface area contributed by atoms with Crippen LogP contribution in [0.25, 0.3) is 0 Å². The first-order chi connectivity index (χ1) is 11.7. The van der Waals surface area contributed by atoms with Crippen LogP contribution >= 0.6 is 11.3 Å². The molecule has 3 N–H and O–H groups in total. The van der Waals surface area contributed by atoms with Gasteiger partial charge in [-0.05, 0) is 24.3 Å². The standard InChI is InChI=1S/C17H19N3O4S/c1-17(2,3)16-20-12(9-25-16)15(24)19-11-6-4-10(5-7-11)14(23)18-8-13(21)22/h4-7,9H,8H2,1-3H3,(H,18,23)(H,19,24)(H,21,22). The van der Waals surface area contributed by atoms with E-state index in [0.29, 0.717) is 16.9 Å². The number of nitrogens with one attached hydrogen (secondary N) is 2. The minimum absolute atomic E-state index is 0.117. The second-order valence-corrected chi connectivity index (χ2v) is 7.25. The summed E-state index contributed by atoms with van der Waals surface area (Å²) < 4.78 is 0. The number of carboxylic acids is 1. The van der Waals surface area contributed by atoms with E-state index in [1.165, 1.54) is 23.5 Å². The summed E-state index contributed by atoms with van der Waals surface area (Å²) in [6, 6.07) is 6.16. The molecule has 132 valence electrons. The first-order valence-electron chi connectivity index (χ1n) is 7.54. The Kier molecular flexibility index (Phi) is 5.53. The monoisotopic (exact) mass is 361 g/mol. The van der Waals surface area contributed by atoms with Gasteiger partial charge < -0.3 is 15.7 Å². The fourth-order valence-corrected chi connectivity index (χ4v) is 2.77. The van der Waals surface area contributed by atoms with Gasteiger partial charge in [-0.1, -0.05) is 20.8 Å². The number of aromatic nitrogens is 1. The third-order valence-corrected chi connectivity index (χ3v) is 4.45. The highest BCUT2D eigenvalue weighted by molar-refractivity contribution is 7.10. The number of hydrogen-bond acceptors (Lipinski definition) is 5. The van der Waals surface area contributed by atoms with E-state index in [4.69, 9.17) is 5.11 Å². The number of rotatable bonds is 5. The first kappa shape index (κ1) is 18.6. The van der Waals surface area contributed by atoms with Gasteiger partial charge in [0.1, 0.15) is 12.2 Å². The van der Waals surface area contributed by atoms with Gasteiger partial charge in [0.2, 0.25) is 0 Å². The van der Waals surface area contributed by atoms with E-state index in [2.05, 4.69) is 15.6 Å². The lowest BCUT2D eigenvalue weighted by molar-refractivity contribution is -0.135. The maximum atomic E-state index is 12.2. The molecule has 0 spiro atoms. The van der Waals surface area contributed by atoms with Crippen molar-refractivity contribution >= 4 is 34.8 Å². The third-order valence-electron chi connectivity index (χ3n) is 3.18. The van der Waals surface area contributed by atoms with Crippen LogP contribution in [0.4, 0.5) is 5.69 Å². The Hall–Kier alpha value is -2.74. The van der Waals surface area contributed by atoms with E-state index in [1.807, 2.05) is 20.8 Å². The smallest absolute Gasteiger partial charge is 0.322 e. The summed E-state index contributed by atoms with van der Waals surface area (Å²) in [5.74, 6) is -1.93. The highest BCUT2D eigenvalue weighted by Gasteiger charge is 2.20. The molecular formula is C17H19N3O4S. The van der Waals surface area contributed by atoms with Crippen LogP contribution in [0.2, 0.25) is 0 Å². The Labute approximate surface area is 149 Å². The molecule has 0 bridgehead atoms. The van der Waals surface area contributed by atoms with E-state index in [0.717, 1.165) is 5.01 Å². The number of aliphatic carboxylic acids is 1. The zero-order valence-electron chi connectivity index (χ0n) is 14.1. The molecule has 0 atom stereocenters. The summed E-state index contributed by atoms with van der Waals surface area (Å²) in [7, 11) is 0. The molecule has 0 saturated heterocycles. The van der Waals surface area contributed by atoms with E-state index in [-0.39, 0.29) is 11.3 Å². The minimum Gasteiger partial charge on any atom is -0.480 e. The van der Waals surface area contributed by atoms with Crippen molar-refractivity contribution in [3.05, 3.63) is 45.9 Å². The van der Waals surface area contributed by atoms with Crippen molar-refractivity contribution in [1.82, 2.24) is 10.3 Å². The van der Waals surface area contributed by atoms with E-state index in [9.17, 15) is 14.4 Å². The number of hydrogen-bond donors (Lipinski definition) is 3. The Morgan fingerprint density at radius 3 is 2.28 bits per heavy atom. The lowest BCUT2D eigenvalue weighted by Gasteiger charge is -2.13. The van der Waals surface area contributed by atoms with Gasteiger partial charge >= 0.3 is 5.97 Å². The van der Waals surface area contributed by atoms with Gasteiger partial charge in [-0.3, -0.25) is 14.4 Å². The molecular weight excluding hydrogens is 342 g/mol. The Bertz CT molecular complexity index is 791. The van der Waals surface area contributed by atoms with Crippen LogP contribution in [-0.2, 0) is 10.2 Å². The SMILES string of the molecule is CC(C)(C)c1nc(C(=O)Nc2ccc(C(=O)NCC(=O)O)cc2)cs1. The van der Waals surface area contributed by atoms with Crippen molar-refractivity contribution in [3.8, 4) is 0 Å². The molecule has 2 aromatic rings. The highest BCUT2D eigenvalue weighted by Crippen LogP contribution is 2.25. The third kappa shape index (κ3) is 5.12. The predicted octanol–water partition coefficient (Wildman–Crippen LogP) is 2.51. The van der Waals surface area contributed by atoms with E-state index < -0.39 is 18.4 Å². The number of carbonyl (C=O) groups is 3. The van der Waals surface area contributed by atoms with Crippen LogP contribution in [0, 0.1) is 0 Å². The molecule has 25 heavy (non-hydrogen) atoms. The van der Waals surface area contributed by atoms with Gasteiger partial charge in [0.05, 0.1) is 5.01 Å². The lowest BCUT2D eigenvalue weighted by Crippen LogP contribution is -2.29. The Morgan fingerprint density at radius 1 is 1.12 bits per heavy atom. The maximum Gasteiger partial charge on any atom is 0.322 e. The average molecular weight is 361 g/mol. The molecule has 0 saturated carbocycles. The van der Waals surface area contributed by atoms with Crippen LogP contribution in [0.3, 0.4) is 0 Å². The number of amides is 2. The summed E-state index contributed by atoms with van der Waals surface area (Å²) in [5.41, 5.74) is 1.06. The maximum absolute atomic E-state index is 12.2. The quantitative estimate of drug-likeness (QED) is 0.758. The van der Waals surface area contributed by atoms with Gasteiger partial charge in [0, 0.05) is 22.0 Å². The predicted molar refractivity (Wildman–Crippen MR) is 95.2 cm³/mol. The molecule has 0 aliphatic heterocycles. The molecule has 0 aliphatic rings. The topological polar surface area (TPSA) is 108 Å². The van der Waals surface area contributed by atoms with Gasteiger partial charge in [0.25, 0.3) is 11.8 Å². The normalized spacial score (nSPS) is 11.0. The van der Waals surface area contributed by atoms with Crippen molar-refractivity contribution < 1.29 is 19.5 Å². The van der Waals surface area contributed by atoms with Gasteiger partial charge in [-0.15, -0.1) is 11.3 Å². The number of carboxylic acid groups (broad SMARTS) is 1. The number of benzene rings is 1. The van der Waals surface area contributed by atoms with Crippen molar-refractivity contribution in [2.45, 2.75) is 26.2 Å². The Balaban J connectivity index is 2.01. The van der Waals surface area contributed by atoms with Gasteiger partial charge in [-0.25, -0.2) is 4.98 Å². The fourth-order valence-electron chi connectivity index (χ4n) is 1.88. The van der Waals surface area contributed by atoms with E-state index >= 15 is 0 Å². The zero-order valence-corrected chi connectivity index (χ0v) is 14.9. The molecule has 0 fully saturated rings. The van der Waals surface area contributed by atoms with Crippen LogP contribution < -0.4 is 10.6 Å². The second kappa shape index (κ2) is 7.43. The summed E-state index contributed by atoms with van der Waals surface area (Å²) >= 11 is 1.44. The number of anilines is 1. The van der Waals surface area contributed by atoms with Crippen LogP contribution in [0.5, 0.6) is 0 Å². The summed E-state index contributed by atoms with van der Waals surface area (Å²) in [6.45, 7) is 5.64. The molecule has 2 amide bonds. The van der Waals surface area contributed by atoms with Gasteiger partial charge in [0.15, 0.2) is 0 Å². The van der Waals surface area contributed by atoms with Crippen LogP contribution in [0.15, 0.2) is 29.6 Å². The molecule has 0 radical (unpaired) electrons. The van der Waals surface area contributed by atoms with E-state index in [1.54, 1.807) is 17.5 Å². The number of nitrogens with zero attached hydrogens (tertiary/aromatic N) is 1.